The molecule has 1 atom stereocenters. The normalized spacial score (nSPS) is 18.7. The van der Waals surface area contributed by atoms with Gasteiger partial charge < -0.3 is 14.6 Å². The molecular formula is C12H14O4. The Balaban J connectivity index is 2.23. The van der Waals surface area contributed by atoms with Gasteiger partial charge in [-0.1, -0.05) is 6.07 Å². The second-order valence-electron chi connectivity index (χ2n) is 3.84. The third kappa shape index (κ3) is 2.10. The Morgan fingerprint density at radius 2 is 2.31 bits per heavy atom. The Bertz CT molecular complexity index is 400. The Morgan fingerprint density at radius 3 is 3.06 bits per heavy atom. The molecule has 0 saturated carbocycles. The smallest absolute Gasteiger partial charge is 0.508 e. The molecule has 1 aromatic carbocycles. The van der Waals surface area contributed by atoms with Gasteiger partial charge in [0.1, 0.15) is 11.9 Å². The van der Waals surface area contributed by atoms with Gasteiger partial charge in [-0.2, -0.15) is 0 Å². The number of benzene rings is 1. The van der Waals surface area contributed by atoms with Crippen LogP contribution in [0.3, 0.4) is 0 Å². The van der Waals surface area contributed by atoms with Crippen molar-refractivity contribution in [1.29, 1.82) is 0 Å². The number of rotatable bonds is 1. The quantitative estimate of drug-likeness (QED) is 0.742. The predicted molar refractivity (Wildman–Crippen MR) is 57.3 cm³/mol. The van der Waals surface area contributed by atoms with Crippen LogP contribution in [0.1, 0.15) is 30.1 Å². The number of hydrogen-bond acceptors (Lipinski definition) is 4. The van der Waals surface area contributed by atoms with Crippen molar-refractivity contribution < 1.29 is 19.4 Å². The largest absolute Gasteiger partial charge is 0.508 e. The number of phenols is 1. The summed E-state index contributed by atoms with van der Waals surface area (Å²) in [5.74, 6) is 0.248. The van der Waals surface area contributed by atoms with Crippen LogP contribution >= 0.6 is 0 Å². The van der Waals surface area contributed by atoms with Gasteiger partial charge in [0.25, 0.3) is 0 Å². The fourth-order valence-corrected chi connectivity index (χ4v) is 2.04. The first-order valence-electron chi connectivity index (χ1n) is 5.27. The summed E-state index contributed by atoms with van der Waals surface area (Å²) in [5.41, 5.74) is 2.01. The van der Waals surface area contributed by atoms with Crippen molar-refractivity contribution in [2.24, 2.45) is 0 Å². The highest BCUT2D eigenvalue weighted by Crippen LogP contribution is 2.34. The molecule has 1 unspecified atom stereocenters. The second-order valence-corrected chi connectivity index (χ2v) is 3.84. The van der Waals surface area contributed by atoms with Crippen LogP contribution in [-0.2, 0) is 15.9 Å². The highest BCUT2D eigenvalue weighted by Gasteiger charge is 2.24. The van der Waals surface area contributed by atoms with E-state index < -0.39 is 6.16 Å². The zero-order valence-corrected chi connectivity index (χ0v) is 9.10. The molecule has 2 rings (SSSR count). The molecule has 1 aromatic rings. The van der Waals surface area contributed by atoms with E-state index in [0.717, 1.165) is 30.4 Å². The molecule has 0 fully saturated rings. The number of fused-ring (bicyclic) bond motifs is 1. The number of ether oxygens (including phenoxy) is 2. The minimum atomic E-state index is -0.661. The number of methoxy groups -OCH3 is 1. The van der Waals surface area contributed by atoms with E-state index in [-0.39, 0.29) is 11.9 Å². The van der Waals surface area contributed by atoms with Crippen LogP contribution in [0.5, 0.6) is 5.75 Å². The number of aromatic hydroxyl groups is 1. The fourth-order valence-electron chi connectivity index (χ4n) is 2.04. The van der Waals surface area contributed by atoms with Crippen LogP contribution in [-0.4, -0.2) is 18.4 Å². The van der Waals surface area contributed by atoms with Crippen LogP contribution in [0.4, 0.5) is 4.79 Å². The Kier molecular flexibility index (Phi) is 2.99. The maximum atomic E-state index is 11.1. The van der Waals surface area contributed by atoms with E-state index in [2.05, 4.69) is 4.74 Å². The molecule has 0 amide bonds. The van der Waals surface area contributed by atoms with E-state index in [1.807, 2.05) is 0 Å². The lowest BCUT2D eigenvalue weighted by Crippen LogP contribution is -2.16. The van der Waals surface area contributed by atoms with Crippen molar-refractivity contribution in [3.8, 4) is 5.75 Å². The molecule has 1 aliphatic rings. The Morgan fingerprint density at radius 1 is 1.50 bits per heavy atom. The van der Waals surface area contributed by atoms with Crippen LogP contribution in [0.2, 0.25) is 0 Å². The average molecular weight is 222 g/mol. The molecule has 4 nitrogen and oxygen atoms in total. The van der Waals surface area contributed by atoms with Gasteiger partial charge in [-0.15, -0.1) is 0 Å². The van der Waals surface area contributed by atoms with Crippen molar-refractivity contribution in [1.82, 2.24) is 0 Å². The molecule has 0 aromatic heterocycles. The monoisotopic (exact) mass is 222 g/mol. The summed E-state index contributed by atoms with van der Waals surface area (Å²) in [6.07, 6.45) is 1.73. The SMILES string of the molecule is COC(=O)OC1CCCc2cc(O)ccc21. The molecule has 0 radical (unpaired) electrons. The molecular weight excluding hydrogens is 208 g/mol. The maximum absolute atomic E-state index is 11.1. The maximum Gasteiger partial charge on any atom is 0.508 e. The second kappa shape index (κ2) is 4.43. The minimum absolute atomic E-state index is 0.248. The molecule has 4 heteroatoms. The molecule has 0 bridgehead atoms. The number of carbonyl (C=O) groups is 1. The highest BCUT2D eigenvalue weighted by atomic mass is 16.7. The summed E-state index contributed by atoms with van der Waals surface area (Å²) in [5, 5.41) is 9.37. The lowest BCUT2D eigenvalue weighted by Gasteiger charge is -2.24. The summed E-state index contributed by atoms with van der Waals surface area (Å²) in [7, 11) is 1.29. The van der Waals surface area contributed by atoms with Gasteiger partial charge in [0.05, 0.1) is 7.11 Å². The fraction of sp³-hybridized carbons (Fsp3) is 0.417. The topological polar surface area (TPSA) is 55.8 Å². The molecule has 0 aliphatic heterocycles. The van der Waals surface area contributed by atoms with Crippen molar-refractivity contribution >= 4 is 6.16 Å². The van der Waals surface area contributed by atoms with E-state index in [4.69, 9.17) is 4.74 Å². The number of phenolic OH excluding ortho intramolecular Hbond substituents is 1. The molecule has 86 valence electrons. The first-order chi connectivity index (χ1) is 7.70. The van der Waals surface area contributed by atoms with Gasteiger partial charge in [0.15, 0.2) is 0 Å². The van der Waals surface area contributed by atoms with Gasteiger partial charge in [-0.05, 0) is 42.5 Å². The molecule has 0 saturated heterocycles. The molecule has 1 N–H and O–H groups in total. The lowest BCUT2D eigenvalue weighted by molar-refractivity contribution is 0.0299. The van der Waals surface area contributed by atoms with Gasteiger partial charge >= 0.3 is 6.16 Å². The number of hydrogen-bond donors (Lipinski definition) is 1. The molecule has 1 aliphatic carbocycles. The summed E-state index contributed by atoms with van der Waals surface area (Å²) in [6, 6.07) is 5.14. The molecule has 0 spiro atoms. The molecule has 0 heterocycles. The van der Waals surface area contributed by atoms with Gasteiger partial charge in [-0.3, -0.25) is 0 Å². The number of carbonyl (C=O) groups excluding carboxylic acids is 1. The van der Waals surface area contributed by atoms with Crippen molar-refractivity contribution in [2.75, 3.05) is 7.11 Å². The third-order valence-electron chi connectivity index (χ3n) is 2.79. The van der Waals surface area contributed by atoms with Gasteiger partial charge in [0, 0.05) is 0 Å². The standard InChI is InChI=1S/C12H14O4/c1-15-12(14)16-11-4-2-3-8-7-9(13)5-6-10(8)11/h5-7,11,13H,2-4H2,1H3. The van der Waals surface area contributed by atoms with Crippen molar-refractivity contribution in [3.05, 3.63) is 29.3 Å². The van der Waals surface area contributed by atoms with Crippen LogP contribution in [0, 0.1) is 0 Å². The van der Waals surface area contributed by atoms with Crippen LogP contribution in [0.25, 0.3) is 0 Å². The third-order valence-corrected chi connectivity index (χ3v) is 2.79. The van der Waals surface area contributed by atoms with E-state index >= 15 is 0 Å². The Hall–Kier alpha value is -1.71. The van der Waals surface area contributed by atoms with Gasteiger partial charge in [0.2, 0.25) is 0 Å². The van der Waals surface area contributed by atoms with Crippen LogP contribution < -0.4 is 0 Å². The molecule has 16 heavy (non-hydrogen) atoms. The van der Waals surface area contributed by atoms with Gasteiger partial charge in [-0.25, -0.2) is 4.79 Å². The minimum Gasteiger partial charge on any atom is -0.508 e. The summed E-state index contributed by atoms with van der Waals surface area (Å²) >= 11 is 0. The van der Waals surface area contributed by atoms with Crippen molar-refractivity contribution in [3.63, 3.8) is 0 Å². The number of aryl methyl sites for hydroxylation is 1. The summed E-state index contributed by atoms with van der Waals surface area (Å²) in [4.78, 5) is 11.1. The zero-order valence-electron chi connectivity index (χ0n) is 9.10. The van der Waals surface area contributed by atoms with E-state index in [9.17, 15) is 9.90 Å². The lowest BCUT2D eigenvalue weighted by atomic mass is 9.89. The van der Waals surface area contributed by atoms with E-state index in [1.54, 1.807) is 18.2 Å². The van der Waals surface area contributed by atoms with E-state index in [0.29, 0.717) is 0 Å². The summed E-state index contributed by atoms with van der Waals surface area (Å²) < 4.78 is 9.65. The van der Waals surface area contributed by atoms with Crippen molar-refractivity contribution in [2.45, 2.75) is 25.4 Å². The summed E-state index contributed by atoms with van der Waals surface area (Å²) in [6.45, 7) is 0. The first kappa shape index (κ1) is 10.8. The zero-order chi connectivity index (χ0) is 11.5. The Labute approximate surface area is 93.8 Å². The van der Waals surface area contributed by atoms with E-state index in [1.165, 1.54) is 7.11 Å². The average Bonchev–Trinajstić information content (AvgIpc) is 2.28. The first-order valence-corrected chi connectivity index (χ1v) is 5.27. The predicted octanol–water partition coefficient (Wildman–Crippen LogP) is 2.55. The highest BCUT2D eigenvalue weighted by molar-refractivity contribution is 5.60. The van der Waals surface area contributed by atoms with Crippen LogP contribution in [0.15, 0.2) is 18.2 Å².